The first-order valence-electron chi connectivity index (χ1n) is 21.8. The maximum Gasteiger partial charge on any atom is 0.301 e. The first-order chi connectivity index (χ1) is 29.8. The predicted molar refractivity (Wildman–Crippen MR) is 234 cm³/mol. The minimum atomic E-state index is -3.13. The summed E-state index contributed by atoms with van der Waals surface area (Å²) < 4.78 is 39.2. The standard InChI is InChI=1S/C45H51ClF2N10O4/c1-24-21-58(18-15-27(24)22-57-16-13-25(14-17-57)29-5-4-6-30-36(54-56(3)38(29)30)31-10-12-35(59)51-42(31)60)44-49-20-33(46)41(53-44)50-28-9-11-34-32(19-28)37-39(43(61)55(34)2)62-23-45(47,48)40(52-37)26-7-8-26/h4-6,9,11,19-20,24-27,31,40,52H,7-8,10,12-18,21-23H2,1-3H3,(H,49,50,53)(H,51,59,60)/t24-,27+,31?,40-/m0/s1. The van der Waals surface area contributed by atoms with Crippen molar-refractivity contribution in [3.05, 3.63) is 69.2 Å². The van der Waals surface area contributed by atoms with E-state index in [4.69, 9.17) is 26.4 Å². The number of pyridine rings is 1. The number of para-hydroxylation sites is 1. The van der Waals surface area contributed by atoms with Crippen molar-refractivity contribution >= 4 is 68.4 Å². The number of piperidine rings is 3. The molecule has 0 spiro atoms. The Morgan fingerprint density at radius 3 is 2.56 bits per heavy atom. The van der Waals surface area contributed by atoms with E-state index in [2.05, 4.69) is 55.9 Å². The largest absolute Gasteiger partial charge is 0.480 e. The second kappa shape index (κ2) is 15.8. The molecule has 5 aromatic rings. The molecule has 3 aromatic heterocycles. The second-order valence-electron chi connectivity index (χ2n) is 18.1. The number of nitrogens with zero attached hydrogens (tertiary/aromatic N) is 7. The van der Waals surface area contributed by atoms with Gasteiger partial charge in [-0.3, -0.25) is 24.4 Å². The van der Waals surface area contributed by atoms with Crippen molar-refractivity contribution in [1.29, 1.82) is 0 Å². The van der Waals surface area contributed by atoms with Crippen molar-refractivity contribution in [3.63, 3.8) is 0 Å². The number of hydrogen-bond donors (Lipinski definition) is 3. The number of anilines is 4. The van der Waals surface area contributed by atoms with Crippen molar-refractivity contribution in [2.24, 2.45) is 31.8 Å². The SMILES string of the molecule is C[C@H]1CN(c2ncc(Cl)c(Nc3ccc4c(c3)c3c(c(=O)n4C)OCC(F)(F)[C@H](C4CC4)N3)n2)CC[C@@H]1CN1CCC(c2cccc3c(C4CCC(=O)NC4=O)nn(C)c23)CC1. The lowest BCUT2D eigenvalue weighted by Gasteiger charge is -2.41. The molecule has 1 aliphatic carbocycles. The van der Waals surface area contributed by atoms with E-state index in [1.165, 1.54) is 10.1 Å². The van der Waals surface area contributed by atoms with Crippen molar-refractivity contribution < 1.29 is 23.1 Å². The summed E-state index contributed by atoms with van der Waals surface area (Å²) in [5.41, 5.74) is 4.12. The van der Waals surface area contributed by atoms with Crippen LogP contribution < -0.4 is 31.1 Å². The lowest BCUT2D eigenvalue weighted by molar-refractivity contribution is -0.134. The number of benzene rings is 2. The second-order valence-corrected chi connectivity index (χ2v) is 18.5. The number of nitrogens with one attached hydrogen (secondary N) is 3. The maximum atomic E-state index is 15.2. The fourth-order valence-corrected chi connectivity index (χ4v) is 10.5. The molecule has 3 N–H and O–H groups in total. The van der Waals surface area contributed by atoms with Gasteiger partial charge in [0.15, 0.2) is 12.4 Å². The van der Waals surface area contributed by atoms with E-state index in [1.54, 1.807) is 19.3 Å². The summed E-state index contributed by atoms with van der Waals surface area (Å²) in [6, 6.07) is 10.6. The average molecular weight is 869 g/mol. The molecular weight excluding hydrogens is 818 g/mol. The highest BCUT2D eigenvalue weighted by atomic mass is 35.5. The van der Waals surface area contributed by atoms with Gasteiger partial charge in [-0.2, -0.15) is 10.1 Å². The van der Waals surface area contributed by atoms with E-state index in [1.807, 2.05) is 23.9 Å². The van der Waals surface area contributed by atoms with Crippen LogP contribution in [0.25, 0.3) is 21.8 Å². The minimum absolute atomic E-state index is 0.105. The lowest BCUT2D eigenvalue weighted by atomic mass is 9.84. The monoisotopic (exact) mass is 868 g/mol. The Hall–Kier alpha value is -5.35. The number of carbonyl (C=O) groups is 2. The quantitative estimate of drug-likeness (QED) is 0.143. The van der Waals surface area contributed by atoms with Gasteiger partial charge in [0.05, 0.1) is 40.6 Å². The van der Waals surface area contributed by atoms with Crippen LogP contribution in [0.15, 0.2) is 47.4 Å². The third kappa shape index (κ3) is 7.41. The number of amides is 2. The Balaban J connectivity index is 0.791. The summed E-state index contributed by atoms with van der Waals surface area (Å²) in [5.74, 6) is -2.02. The number of hydrogen-bond acceptors (Lipinski definition) is 11. The summed E-state index contributed by atoms with van der Waals surface area (Å²) >= 11 is 6.67. The zero-order valence-corrected chi connectivity index (χ0v) is 35.9. The normalized spacial score (nSPS) is 24.6. The number of ether oxygens (including phenoxy) is 1. The molecule has 5 aliphatic rings. The number of alkyl halides is 2. The smallest absolute Gasteiger partial charge is 0.301 e. The zero-order chi connectivity index (χ0) is 43.0. The van der Waals surface area contributed by atoms with Gasteiger partial charge in [0, 0.05) is 56.6 Å². The number of aryl methyl sites for hydroxylation is 2. The third-order valence-electron chi connectivity index (χ3n) is 14.0. The van der Waals surface area contributed by atoms with Gasteiger partial charge < -0.3 is 29.7 Å². The number of likely N-dealkylation sites (tertiary alicyclic amines) is 1. The number of fused-ring (bicyclic) bond motifs is 4. The molecule has 1 saturated carbocycles. The average Bonchev–Trinajstić information content (AvgIpc) is 4.06. The lowest BCUT2D eigenvalue weighted by Crippen LogP contribution is -2.45. The van der Waals surface area contributed by atoms with E-state index in [-0.39, 0.29) is 29.2 Å². The van der Waals surface area contributed by atoms with Gasteiger partial charge in [-0.15, -0.1) is 0 Å². The van der Waals surface area contributed by atoms with Crippen LogP contribution in [0.1, 0.15) is 75.0 Å². The molecule has 326 valence electrons. The van der Waals surface area contributed by atoms with Gasteiger partial charge in [-0.1, -0.05) is 36.7 Å². The minimum Gasteiger partial charge on any atom is -0.480 e. The Morgan fingerprint density at radius 2 is 1.81 bits per heavy atom. The number of aromatic nitrogens is 5. The molecule has 14 nitrogen and oxygen atoms in total. The van der Waals surface area contributed by atoms with Gasteiger partial charge in [0.25, 0.3) is 5.56 Å². The first kappa shape index (κ1) is 40.7. The molecule has 10 rings (SSSR count). The molecule has 4 atom stereocenters. The summed E-state index contributed by atoms with van der Waals surface area (Å²) in [4.78, 5) is 52.1. The van der Waals surface area contributed by atoms with E-state index in [9.17, 15) is 14.4 Å². The molecule has 62 heavy (non-hydrogen) atoms. The van der Waals surface area contributed by atoms with Gasteiger partial charge >= 0.3 is 5.92 Å². The van der Waals surface area contributed by atoms with Crippen LogP contribution in [0, 0.1) is 17.8 Å². The fraction of sp³-hybridized carbons (Fsp3) is 0.511. The molecular formula is C45H51ClF2N10O4. The van der Waals surface area contributed by atoms with Gasteiger partial charge in [-0.25, -0.2) is 13.8 Å². The molecule has 0 bridgehead atoms. The van der Waals surface area contributed by atoms with Crippen LogP contribution in [0.5, 0.6) is 5.75 Å². The molecule has 4 aliphatic heterocycles. The Labute approximate surface area is 362 Å². The topological polar surface area (TPSA) is 152 Å². The van der Waals surface area contributed by atoms with Gasteiger partial charge in [-0.05, 0) is 99.0 Å². The van der Waals surface area contributed by atoms with Gasteiger partial charge in [0.1, 0.15) is 5.02 Å². The Kier molecular flexibility index (Phi) is 10.4. The van der Waals surface area contributed by atoms with Crippen LogP contribution in [-0.4, -0.2) is 92.3 Å². The van der Waals surface area contributed by atoms with Crippen molar-refractivity contribution in [2.75, 3.05) is 54.9 Å². The van der Waals surface area contributed by atoms with Crippen LogP contribution in [0.3, 0.4) is 0 Å². The predicted octanol–water partition coefficient (Wildman–Crippen LogP) is 6.69. The van der Waals surface area contributed by atoms with Crippen molar-refractivity contribution in [2.45, 2.75) is 75.7 Å². The highest BCUT2D eigenvalue weighted by Gasteiger charge is 2.51. The van der Waals surface area contributed by atoms with Crippen LogP contribution in [-0.2, 0) is 23.7 Å². The Morgan fingerprint density at radius 1 is 1.00 bits per heavy atom. The number of carbonyl (C=O) groups excluding carboxylic acids is 2. The van der Waals surface area contributed by atoms with E-state index in [0.717, 1.165) is 68.6 Å². The molecule has 0 radical (unpaired) electrons. The summed E-state index contributed by atoms with van der Waals surface area (Å²) in [5, 5.41) is 15.6. The summed E-state index contributed by atoms with van der Waals surface area (Å²) in [6.07, 6.45) is 6.89. The molecule has 2 aromatic carbocycles. The molecule has 3 saturated heterocycles. The van der Waals surface area contributed by atoms with Gasteiger partial charge in [0.2, 0.25) is 23.5 Å². The summed E-state index contributed by atoms with van der Waals surface area (Å²) in [7, 11) is 3.56. The number of halogens is 3. The molecule has 2 amide bonds. The van der Waals surface area contributed by atoms with E-state index in [0.29, 0.717) is 76.8 Å². The zero-order valence-electron chi connectivity index (χ0n) is 35.1. The van der Waals surface area contributed by atoms with Crippen molar-refractivity contribution in [3.8, 4) is 5.75 Å². The summed E-state index contributed by atoms with van der Waals surface area (Å²) in [6.45, 7) is 6.09. The number of rotatable bonds is 8. The fourth-order valence-electron chi connectivity index (χ4n) is 10.4. The molecule has 7 heterocycles. The number of imide groups is 1. The molecule has 1 unspecified atom stereocenters. The van der Waals surface area contributed by atoms with Crippen LogP contribution in [0.2, 0.25) is 5.02 Å². The highest BCUT2D eigenvalue weighted by molar-refractivity contribution is 6.33. The highest BCUT2D eigenvalue weighted by Crippen LogP contribution is 2.46. The van der Waals surface area contributed by atoms with Crippen LogP contribution >= 0.6 is 11.6 Å². The molecule has 17 heteroatoms. The first-order valence-corrected chi connectivity index (χ1v) is 22.2. The van der Waals surface area contributed by atoms with Crippen LogP contribution in [0.4, 0.5) is 31.9 Å². The third-order valence-corrected chi connectivity index (χ3v) is 14.3. The Bertz CT molecular complexity index is 2660. The van der Waals surface area contributed by atoms with Crippen molar-refractivity contribution in [1.82, 2.24) is 34.5 Å². The van der Waals surface area contributed by atoms with E-state index >= 15 is 8.78 Å². The maximum absolute atomic E-state index is 15.2. The van der Waals surface area contributed by atoms with E-state index < -0.39 is 30.0 Å². The molecule has 4 fully saturated rings.